The van der Waals surface area contributed by atoms with Gasteiger partial charge < -0.3 is 14.6 Å². The molecule has 142 valence electrons. The Morgan fingerprint density at radius 2 is 1.88 bits per heavy atom. The Kier molecular flexibility index (Phi) is 6.59. The zero-order chi connectivity index (χ0) is 19.4. The van der Waals surface area contributed by atoms with E-state index in [1.165, 1.54) is 23.6 Å². The topological polar surface area (TPSA) is 56.1 Å². The molecule has 1 heterocycles. The maximum atomic E-state index is 11.2. The monoisotopic (exact) mass is 357 g/mol. The van der Waals surface area contributed by atoms with Crippen molar-refractivity contribution in [2.75, 3.05) is 0 Å². The quantitative estimate of drug-likeness (QED) is 0.764. The Morgan fingerprint density at radius 3 is 2.42 bits per heavy atom. The second-order valence-electron chi connectivity index (χ2n) is 7.37. The lowest BCUT2D eigenvalue weighted by Crippen LogP contribution is -2.28. The van der Waals surface area contributed by atoms with Gasteiger partial charge in [0.05, 0.1) is 6.04 Å². The Morgan fingerprint density at radius 1 is 1.23 bits per heavy atom. The van der Waals surface area contributed by atoms with E-state index in [0.29, 0.717) is 12.5 Å². The first-order valence-corrected chi connectivity index (χ1v) is 9.14. The minimum Gasteiger partial charge on any atom is -0.461 e. The molecule has 0 unspecified atom stereocenters. The van der Waals surface area contributed by atoms with Crippen molar-refractivity contribution in [3.05, 3.63) is 52.1 Å². The molecule has 0 saturated carbocycles. The van der Waals surface area contributed by atoms with Crippen molar-refractivity contribution in [3.8, 4) is 0 Å². The summed E-state index contributed by atoms with van der Waals surface area (Å²) in [5.74, 6) is 1.21. The molecule has 5 nitrogen and oxygen atoms in total. The molecule has 2 aromatic rings. The Hall–Kier alpha value is -2.14. The Labute approximate surface area is 156 Å². The molecule has 0 saturated heterocycles. The van der Waals surface area contributed by atoms with E-state index in [2.05, 4.69) is 55.6 Å². The number of aromatic nitrogens is 2. The third kappa shape index (κ3) is 4.52. The number of imidazole rings is 1. The molecule has 0 radical (unpaired) electrons. The fourth-order valence-electron chi connectivity index (χ4n) is 3.45. The van der Waals surface area contributed by atoms with Gasteiger partial charge in [-0.25, -0.2) is 4.98 Å². The fourth-order valence-corrected chi connectivity index (χ4v) is 3.45. The molecule has 0 spiro atoms. The largest absolute Gasteiger partial charge is 0.461 e. The number of carbonyl (C=O) groups is 1. The first kappa shape index (κ1) is 20.2. The first-order chi connectivity index (χ1) is 12.2. The molecule has 1 aromatic heterocycles. The number of esters is 1. The summed E-state index contributed by atoms with van der Waals surface area (Å²) >= 11 is 0. The highest BCUT2D eigenvalue weighted by Gasteiger charge is 2.20. The number of nitrogens with zero attached hydrogens (tertiary/aromatic N) is 2. The molecule has 0 amide bonds. The molecule has 2 rings (SSSR count). The van der Waals surface area contributed by atoms with Crippen LogP contribution in [0.1, 0.15) is 60.5 Å². The van der Waals surface area contributed by atoms with Gasteiger partial charge in [0.1, 0.15) is 12.4 Å². The van der Waals surface area contributed by atoms with Crippen molar-refractivity contribution in [2.24, 2.45) is 13.0 Å². The van der Waals surface area contributed by atoms with Gasteiger partial charge in [0, 0.05) is 32.9 Å². The highest BCUT2D eigenvalue weighted by atomic mass is 16.5. The van der Waals surface area contributed by atoms with Crippen LogP contribution in [-0.2, 0) is 29.7 Å². The van der Waals surface area contributed by atoms with Gasteiger partial charge in [-0.1, -0.05) is 19.9 Å². The molecule has 26 heavy (non-hydrogen) atoms. The van der Waals surface area contributed by atoms with E-state index >= 15 is 0 Å². The third-order valence-corrected chi connectivity index (χ3v) is 5.01. The van der Waals surface area contributed by atoms with Crippen LogP contribution >= 0.6 is 0 Å². The van der Waals surface area contributed by atoms with Crippen LogP contribution in [0.15, 0.2) is 18.5 Å². The summed E-state index contributed by atoms with van der Waals surface area (Å²) in [4.78, 5) is 15.7. The first-order valence-electron chi connectivity index (χ1n) is 9.14. The average molecular weight is 357 g/mol. The average Bonchev–Trinajstić information content (AvgIpc) is 2.95. The van der Waals surface area contributed by atoms with Crippen molar-refractivity contribution in [3.63, 3.8) is 0 Å². The molecule has 0 aliphatic rings. The SMILES string of the molecule is CC(=O)OCc1c(C)cc(C)c(CN[C@H](c2nccn2C)C(C)C)c1C. The van der Waals surface area contributed by atoms with Gasteiger partial charge in [-0.05, 0) is 54.5 Å². The van der Waals surface area contributed by atoms with Crippen LogP contribution in [0.25, 0.3) is 0 Å². The number of rotatable bonds is 7. The van der Waals surface area contributed by atoms with Gasteiger partial charge in [-0.15, -0.1) is 0 Å². The number of ether oxygens (including phenoxy) is 1. The van der Waals surface area contributed by atoms with Crippen molar-refractivity contribution in [1.82, 2.24) is 14.9 Å². The summed E-state index contributed by atoms with van der Waals surface area (Å²) in [5, 5.41) is 3.68. The maximum Gasteiger partial charge on any atom is 0.302 e. The van der Waals surface area contributed by atoms with E-state index < -0.39 is 0 Å². The van der Waals surface area contributed by atoms with Gasteiger partial charge in [0.15, 0.2) is 0 Å². The molecule has 0 aliphatic carbocycles. The van der Waals surface area contributed by atoms with Crippen LogP contribution in [0.3, 0.4) is 0 Å². The number of benzene rings is 1. The smallest absolute Gasteiger partial charge is 0.302 e. The number of aryl methyl sites for hydroxylation is 3. The van der Waals surface area contributed by atoms with Gasteiger partial charge in [-0.2, -0.15) is 0 Å². The molecule has 1 N–H and O–H groups in total. The fraction of sp³-hybridized carbons (Fsp3) is 0.524. The lowest BCUT2D eigenvalue weighted by Gasteiger charge is -2.24. The minimum absolute atomic E-state index is 0.173. The Balaban J connectivity index is 2.26. The number of hydrogen-bond acceptors (Lipinski definition) is 4. The molecule has 5 heteroatoms. The van der Waals surface area contributed by atoms with E-state index in [9.17, 15) is 4.79 Å². The van der Waals surface area contributed by atoms with Crippen molar-refractivity contribution in [1.29, 1.82) is 0 Å². The van der Waals surface area contributed by atoms with Crippen LogP contribution in [0, 0.1) is 26.7 Å². The predicted octanol–water partition coefficient (Wildman–Crippen LogP) is 3.90. The molecular formula is C21H31N3O2. The molecule has 0 aliphatic heterocycles. The van der Waals surface area contributed by atoms with Crippen molar-refractivity contribution < 1.29 is 9.53 Å². The molecular weight excluding hydrogens is 326 g/mol. The second-order valence-corrected chi connectivity index (χ2v) is 7.37. The van der Waals surface area contributed by atoms with Crippen LogP contribution in [0.5, 0.6) is 0 Å². The zero-order valence-corrected chi connectivity index (χ0v) is 17.0. The van der Waals surface area contributed by atoms with E-state index in [1.807, 2.05) is 19.4 Å². The molecule has 0 bridgehead atoms. The summed E-state index contributed by atoms with van der Waals surface area (Å²) in [6.07, 6.45) is 3.82. The normalized spacial score (nSPS) is 12.5. The van der Waals surface area contributed by atoms with Crippen LogP contribution in [0.4, 0.5) is 0 Å². The van der Waals surface area contributed by atoms with E-state index in [-0.39, 0.29) is 12.0 Å². The number of nitrogens with one attached hydrogen (secondary N) is 1. The zero-order valence-electron chi connectivity index (χ0n) is 17.0. The summed E-state index contributed by atoms with van der Waals surface area (Å²) in [5.41, 5.74) is 5.97. The predicted molar refractivity (Wildman–Crippen MR) is 104 cm³/mol. The van der Waals surface area contributed by atoms with Crippen LogP contribution in [0.2, 0.25) is 0 Å². The van der Waals surface area contributed by atoms with Crippen molar-refractivity contribution in [2.45, 2.75) is 60.7 Å². The summed E-state index contributed by atoms with van der Waals surface area (Å²) < 4.78 is 7.32. The summed E-state index contributed by atoms with van der Waals surface area (Å²) in [6, 6.07) is 2.35. The van der Waals surface area contributed by atoms with E-state index in [1.54, 1.807) is 0 Å². The number of hydrogen-bond donors (Lipinski definition) is 1. The van der Waals surface area contributed by atoms with Crippen LogP contribution < -0.4 is 5.32 Å². The lowest BCUT2D eigenvalue weighted by molar-refractivity contribution is -0.142. The highest BCUT2D eigenvalue weighted by molar-refractivity contribution is 5.66. The minimum atomic E-state index is -0.251. The van der Waals surface area contributed by atoms with Gasteiger partial charge in [-0.3, -0.25) is 4.79 Å². The van der Waals surface area contributed by atoms with Gasteiger partial charge in [0.25, 0.3) is 0 Å². The van der Waals surface area contributed by atoms with E-state index in [4.69, 9.17) is 4.74 Å². The van der Waals surface area contributed by atoms with Crippen LogP contribution in [-0.4, -0.2) is 15.5 Å². The van der Waals surface area contributed by atoms with Gasteiger partial charge >= 0.3 is 5.97 Å². The van der Waals surface area contributed by atoms with Crippen molar-refractivity contribution >= 4 is 5.97 Å². The van der Waals surface area contributed by atoms with Gasteiger partial charge in [0.2, 0.25) is 0 Å². The summed E-state index contributed by atoms with van der Waals surface area (Å²) in [7, 11) is 2.03. The molecule has 0 fully saturated rings. The van der Waals surface area contributed by atoms with E-state index in [0.717, 1.165) is 23.5 Å². The second kappa shape index (κ2) is 8.49. The molecule has 1 aromatic carbocycles. The lowest BCUT2D eigenvalue weighted by atomic mass is 9.93. The standard InChI is InChI=1S/C21H31N3O2/c1-13(2)20(21-22-8-9-24(21)7)23-11-18-14(3)10-15(4)19(16(18)5)12-26-17(6)25/h8-10,13,20,23H,11-12H2,1-7H3/t20-/m0/s1. The Bertz CT molecular complexity index is 778. The molecule has 1 atom stereocenters. The maximum absolute atomic E-state index is 11.2. The number of carbonyl (C=O) groups excluding carboxylic acids is 1. The highest BCUT2D eigenvalue weighted by Crippen LogP contribution is 2.25. The third-order valence-electron chi connectivity index (χ3n) is 5.01. The summed E-state index contributed by atoms with van der Waals surface area (Å²) in [6.45, 7) is 13.2.